The molecule has 0 spiro atoms. The molecule has 0 atom stereocenters. The SMILES string of the molecule is CCN(c1ccc(F)cc1F)S(=O)(=O)c1ccc(OC)c(Br)c1. The Morgan fingerprint density at radius 3 is 2.39 bits per heavy atom. The molecular formula is C15H14BrF2NO3S. The van der Waals surface area contributed by atoms with Crippen LogP contribution in [0, 0.1) is 11.6 Å². The van der Waals surface area contributed by atoms with Crippen LogP contribution >= 0.6 is 15.9 Å². The standard InChI is InChI=1S/C15H14BrF2NO3S/c1-3-19(14-6-4-10(17)8-13(14)18)23(20,21)11-5-7-15(22-2)12(16)9-11/h4-9H,3H2,1-2H3. The number of rotatable bonds is 5. The van der Waals surface area contributed by atoms with Gasteiger partial charge in [0.1, 0.15) is 17.4 Å². The van der Waals surface area contributed by atoms with Crippen LogP contribution in [0.25, 0.3) is 0 Å². The summed E-state index contributed by atoms with van der Waals surface area (Å²) in [5, 5.41) is 0. The summed E-state index contributed by atoms with van der Waals surface area (Å²) in [6.07, 6.45) is 0. The number of ether oxygens (including phenoxy) is 1. The van der Waals surface area contributed by atoms with E-state index in [0.29, 0.717) is 16.3 Å². The van der Waals surface area contributed by atoms with Crippen molar-refractivity contribution in [3.63, 3.8) is 0 Å². The average molecular weight is 406 g/mol. The van der Waals surface area contributed by atoms with Crippen LogP contribution in [0.4, 0.5) is 14.5 Å². The molecule has 0 unspecified atom stereocenters. The molecule has 0 aliphatic heterocycles. The fourth-order valence-electron chi connectivity index (χ4n) is 2.09. The Bertz CT molecular complexity index is 827. The van der Waals surface area contributed by atoms with Gasteiger partial charge in [-0.25, -0.2) is 17.2 Å². The van der Waals surface area contributed by atoms with Crippen LogP contribution in [0.1, 0.15) is 6.92 Å². The lowest BCUT2D eigenvalue weighted by Gasteiger charge is -2.23. The van der Waals surface area contributed by atoms with Crippen LogP contribution in [-0.2, 0) is 10.0 Å². The summed E-state index contributed by atoms with van der Waals surface area (Å²) in [6, 6.07) is 7.00. The second-order valence-corrected chi connectivity index (χ2v) is 7.28. The van der Waals surface area contributed by atoms with E-state index in [4.69, 9.17) is 4.74 Å². The maximum Gasteiger partial charge on any atom is 0.264 e. The first-order chi connectivity index (χ1) is 10.8. The Balaban J connectivity index is 2.53. The molecule has 0 saturated heterocycles. The highest BCUT2D eigenvalue weighted by Gasteiger charge is 2.26. The molecule has 2 rings (SSSR count). The molecule has 0 N–H and O–H groups in total. The molecule has 8 heteroatoms. The molecule has 0 bridgehead atoms. The number of halogens is 3. The van der Waals surface area contributed by atoms with Crippen molar-refractivity contribution in [1.29, 1.82) is 0 Å². The monoisotopic (exact) mass is 405 g/mol. The normalized spacial score (nSPS) is 11.3. The maximum absolute atomic E-state index is 14.0. The summed E-state index contributed by atoms with van der Waals surface area (Å²) >= 11 is 3.22. The van der Waals surface area contributed by atoms with Gasteiger partial charge in [-0.15, -0.1) is 0 Å². The third-order valence-corrected chi connectivity index (χ3v) is 5.68. The number of benzene rings is 2. The molecule has 2 aromatic carbocycles. The molecule has 23 heavy (non-hydrogen) atoms. The minimum absolute atomic E-state index is 0.00542. The van der Waals surface area contributed by atoms with Crippen LogP contribution < -0.4 is 9.04 Å². The van der Waals surface area contributed by atoms with Gasteiger partial charge in [-0.3, -0.25) is 4.31 Å². The zero-order valence-electron chi connectivity index (χ0n) is 12.4. The molecule has 0 fully saturated rings. The van der Waals surface area contributed by atoms with Crippen molar-refractivity contribution >= 4 is 31.6 Å². The number of sulfonamides is 1. The highest BCUT2D eigenvalue weighted by Crippen LogP contribution is 2.31. The second-order valence-electron chi connectivity index (χ2n) is 4.56. The van der Waals surface area contributed by atoms with Crippen LogP contribution in [0.3, 0.4) is 0 Å². The highest BCUT2D eigenvalue weighted by atomic mass is 79.9. The maximum atomic E-state index is 14.0. The summed E-state index contributed by atoms with van der Waals surface area (Å²) in [5.41, 5.74) is -0.208. The topological polar surface area (TPSA) is 46.6 Å². The minimum atomic E-state index is -4.00. The van der Waals surface area contributed by atoms with Crippen LogP contribution in [0.15, 0.2) is 45.8 Å². The van der Waals surface area contributed by atoms with Crippen molar-refractivity contribution in [2.45, 2.75) is 11.8 Å². The lowest BCUT2D eigenvalue weighted by Crippen LogP contribution is -2.31. The van der Waals surface area contributed by atoms with Crippen molar-refractivity contribution in [2.75, 3.05) is 18.0 Å². The molecule has 0 saturated carbocycles. The Kier molecular flexibility index (Phi) is 5.26. The number of anilines is 1. The first-order valence-electron chi connectivity index (χ1n) is 6.62. The first-order valence-corrected chi connectivity index (χ1v) is 8.86. The van der Waals surface area contributed by atoms with Crippen molar-refractivity contribution < 1.29 is 21.9 Å². The molecule has 0 aliphatic rings. The lowest BCUT2D eigenvalue weighted by atomic mass is 10.3. The zero-order valence-corrected chi connectivity index (χ0v) is 14.8. The Morgan fingerprint density at radius 1 is 1.17 bits per heavy atom. The summed E-state index contributed by atoms with van der Waals surface area (Å²) in [7, 11) is -2.54. The number of methoxy groups -OCH3 is 1. The second kappa shape index (κ2) is 6.84. The van der Waals surface area contributed by atoms with Crippen molar-refractivity contribution in [3.05, 3.63) is 52.5 Å². The average Bonchev–Trinajstić information content (AvgIpc) is 2.49. The van der Waals surface area contributed by atoms with E-state index < -0.39 is 21.7 Å². The molecule has 0 radical (unpaired) electrons. The highest BCUT2D eigenvalue weighted by molar-refractivity contribution is 9.10. The van der Waals surface area contributed by atoms with Gasteiger partial charge in [0, 0.05) is 12.6 Å². The summed E-state index contributed by atoms with van der Waals surface area (Å²) in [6.45, 7) is 1.56. The molecule has 4 nitrogen and oxygen atoms in total. The van der Waals surface area contributed by atoms with E-state index in [9.17, 15) is 17.2 Å². The number of hydrogen-bond acceptors (Lipinski definition) is 3. The molecule has 0 aliphatic carbocycles. The molecular weight excluding hydrogens is 392 g/mol. The van der Waals surface area contributed by atoms with Gasteiger partial charge in [0.15, 0.2) is 0 Å². The molecule has 2 aromatic rings. The summed E-state index contributed by atoms with van der Waals surface area (Å²) in [4.78, 5) is -0.0317. The third kappa shape index (κ3) is 3.48. The van der Waals surface area contributed by atoms with E-state index in [-0.39, 0.29) is 17.1 Å². The Hall–Kier alpha value is -1.67. The van der Waals surface area contributed by atoms with Crippen molar-refractivity contribution in [2.24, 2.45) is 0 Å². The zero-order chi connectivity index (χ0) is 17.2. The summed E-state index contributed by atoms with van der Waals surface area (Å²) < 4.78 is 58.9. The van der Waals surface area contributed by atoms with Gasteiger partial charge in [0.05, 0.1) is 22.2 Å². The predicted octanol–water partition coefficient (Wildman–Crippen LogP) is 3.95. The quantitative estimate of drug-likeness (QED) is 0.756. The Morgan fingerprint density at radius 2 is 1.87 bits per heavy atom. The van der Waals surface area contributed by atoms with Gasteiger partial charge < -0.3 is 4.74 Å². The van der Waals surface area contributed by atoms with E-state index >= 15 is 0 Å². The van der Waals surface area contributed by atoms with E-state index in [1.165, 1.54) is 25.3 Å². The van der Waals surface area contributed by atoms with Gasteiger partial charge in [-0.1, -0.05) is 0 Å². The Labute approximate surface area is 141 Å². The van der Waals surface area contributed by atoms with Crippen molar-refractivity contribution in [1.82, 2.24) is 0 Å². The van der Waals surface area contributed by atoms with Crippen LogP contribution in [0.5, 0.6) is 5.75 Å². The number of hydrogen-bond donors (Lipinski definition) is 0. The van der Waals surface area contributed by atoms with Crippen molar-refractivity contribution in [3.8, 4) is 5.75 Å². The van der Waals surface area contributed by atoms with Gasteiger partial charge in [0.25, 0.3) is 10.0 Å². The lowest BCUT2D eigenvalue weighted by molar-refractivity contribution is 0.411. The fraction of sp³-hybridized carbons (Fsp3) is 0.200. The third-order valence-electron chi connectivity index (χ3n) is 3.18. The van der Waals surface area contributed by atoms with Gasteiger partial charge >= 0.3 is 0 Å². The smallest absolute Gasteiger partial charge is 0.264 e. The first kappa shape index (κ1) is 17.7. The molecule has 124 valence electrons. The molecule has 0 aromatic heterocycles. The number of nitrogens with zero attached hydrogens (tertiary/aromatic N) is 1. The van der Waals surface area contributed by atoms with Crippen LogP contribution in [-0.4, -0.2) is 22.1 Å². The van der Waals surface area contributed by atoms with E-state index in [2.05, 4.69) is 15.9 Å². The fourth-order valence-corrected chi connectivity index (χ4v) is 4.29. The molecule has 0 heterocycles. The largest absolute Gasteiger partial charge is 0.496 e. The molecule has 0 amide bonds. The predicted molar refractivity (Wildman–Crippen MR) is 87.3 cm³/mol. The van der Waals surface area contributed by atoms with Gasteiger partial charge in [-0.05, 0) is 53.2 Å². The summed E-state index contributed by atoms with van der Waals surface area (Å²) in [5.74, 6) is -1.24. The van der Waals surface area contributed by atoms with E-state index in [1.54, 1.807) is 6.92 Å². The van der Waals surface area contributed by atoms with Gasteiger partial charge in [0.2, 0.25) is 0 Å². The van der Waals surface area contributed by atoms with Crippen LogP contribution in [0.2, 0.25) is 0 Å². The van der Waals surface area contributed by atoms with E-state index in [1.807, 2.05) is 0 Å². The minimum Gasteiger partial charge on any atom is -0.496 e. The van der Waals surface area contributed by atoms with Gasteiger partial charge in [-0.2, -0.15) is 0 Å². The van der Waals surface area contributed by atoms with E-state index in [0.717, 1.165) is 16.4 Å².